The molecule has 1 saturated carbocycles. The third-order valence-electron chi connectivity index (χ3n) is 4.51. The number of rotatable bonds is 6. The zero-order chi connectivity index (χ0) is 17.7. The summed E-state index contributed by atoms with van der Waals surface area (Å²) in [6.07, 6.45) is 4.87. The Hall–Kier alpha value is -1.46. The summed E-state index contributed by atoms with van der Waals surface area (Å²) in [5.41, 5.74) is 6.69. The van der Waals surface area contributed by atoms with Crippen molar-refractivity contribution in [2.45, 2.75) is 65.1 Å². The molecule has 0 unspecified atom stereocenters. The molecule has 0 bridgehead atoms. The molecule has 2 rings (SSSR count). The van der Waals surface area contributed by atoms with Crippen molar-refractivity contribution in [1.82, 2.24) is 5.32 Å². The topological polar surface area (TPSA) is 73.6 Å². The molecule has 0 aromatic heterocycles. The Kier molecular flexibility index (Phi) is 8.03. The van der Waals surface area contributed by atoms with Gasteiger partial charge in [-0.15, -0.1) is 12.4 Å². The average molecular weight is 371 g/mol. The third-order valence-corrected chi connectivity index (χ3v) is 4.51. The first-order chi connectivity index (χ1) is 11.3. The van der Waals surface area contributed by atoms with E-state index < -0.39 is 6.04 Å². The minimum atomic E-state index is -0.537. The van der Waals surface area contributed by atoms with Gasteiger partial charge in [0.2, 0.25) is 5.91 Å². The van der Waals surface area contributed by atoms with Crippen LogP contribution in [0, 0.1) is 5.41 Å². The highest BCUT2D eigenvalue weighted by molar-refractivity contribution is 5.85. The summed E-state index contributed by atoms with van der Waals surface area (Å²) < 4.78 is 11.5. The van der Waals surface area contributed by atoms with E-state index in [0.29, 0.717) is 6.54 Å². The number of carbonyl (C=O) groups is 1. The Bertz CT molecular complexity index is 566. The second-order valence-electron chi connectivity index (χ2n) is 7.57. The highest BCUT2D eigenvalue weighted by Gasteiger charge is 2.27. The van der Waals surface area contributed by atoms with Crippen molar-refractivity contribution >= 4 is 18.3 Å². The molecule has 1 aliphatic rings. The van der Waals surface area contributed by atoms with Gasteiger partial charge in [-0.2, -0.15) is 0 Å². The predicted octanol–water partition coefficient (Wildman–Crippen LogP) is 3.43. The van der Waals surface area contributed by atoms with E-state index in [2.05, 4.69) is 5.32 Å². The van der Waals surface area contributed by atoms with Gasteiger partial charge in [0.15, 0.2) is 11.5 Å². The number of halogens is 1. The van der Waals surface area contributed by atoms with Crippen molar-refractivity contribution in [3.8, 4) is 11.5 Å². The van der Waals surface area contributed by atoms with E-state index in [0.717, 1.165) is 29.9 Å². The Balaban J connectivity index is 0.00000312. The lowest BCUT2D eigenvalue weighted by Gasteiger charge is -2.25. The number of hydrogen-bond acceptors (Lipinski definition) is 4. The van der Waals surface area contributed by atoms with Crippen LogP contribution in [-0.2, 0) is 11.3 Å². The Labute approximate surface area is 157 Å². The minimum Gasteiger partial charge on any atom is -0.493 e. The first-order valence-corrected chi connectivity index (χ1v) is 8.68. The van der Waals surface area contributed by atoms with Crippen LogP contribution in [0.4, 0.5) is 0 Å². The number of amides is 1. The number of carbonyl (C=O) groups excluding carboxylic acids is 1. The van der Waals surface area contributed by atoms with Crippen molar-refractivity contribution < 1.29 is 14.3 Å². The monoisotopic (exact) mass is 370 g/mol. The van der Waals surface area contributed by atoms with Gasteiger partial charge in [-0.1, -0.05) is 26.8 Å². The molecule has 0 aliphatic heterocycles. The average Bonchev–Trinajstić information content (AvgIpc) is 3.04. The number of benzene rings is 1. The van der Waals surface area contributed by atoms with Gasteiger partial charge in [0.05, 0.1) is 19.3 Å². The van der Waals surface area contributed by atoms with E-state index in [9.17, 15) is 4.79 Å². The Morgan fingerprint density at radius 2 is 1.92 bits per heavy atom. The van der Waals surface area contributed by atoms with Gasteiger partial charge in [-0.25, -0.2) is 0 Å². The van der Waals surface area contributed by atoms with Crippen LogP contribution in [-0.4, -0.2) is 25.2 Å². The number of nitrogens with one attached hydrogen (secondary N) is 1. The summed E-state index contributed by atoms with van der Waals surface area (Å²) in [6.45, 7) is 6.29. The van der Waals surface area contributed by atoms with Crippen molar-refractivity contribution in [2.75, 3.05) is 7.11 Å². The lowest BCUT2D eigenvalue weighted by atomic mass is 9.87. The maximum atomic E-state index is 12.2. The molecule has 5 nitrogen and oxygen atoms in total. The Morgan fingerprint density at radius 3 is 2.48 bits per heavy atom. The zero-order valence-electron chi connectivity index (χ0n) is 15.6. The summed E-state index contributed by atoms with van der Waals surface area (Å²) in [7, 11) is 1.64. The predicted molar refractivity (Wildman–Crippen MR) is 102 cm³/mol. The van der Waals surface area contributed by atoms with Crippen LogP contribution >= 0.6 is 12.4 Å². The van der Waals surface area contributed by atoms with Crippen molar-refractivity contribution in [3.05, 3.63) is 23.8 Å². The van der Waals surface area contributed by atoms with Crippen molar-refractivity contribution in [1.29, 1.82) is 0 Å². The van der Waals surface area contributed by atoms with Crippen molar-refractivity contribution in [2.24, 2.45) is 11.1 Å². The first kappa shape index (κ1) is 21.6. The number of ether oxygens (including phenoxy) is 2. The molecule has 6 heteroatoms. The first-order valence-electron chi connectivity index (χ1n) is 8.68. The van der Waals surface area contributed by atoms with Crippen LogP contribution < -0.4 is 20.5 Å². The van der Waals surface area contributed by atoms with E-state index in [1.807, 2.05) is 39.0 Å². The highest BCUT2D eigenvalue weighted by atomic mass is 35.5. The lowest BCUT2D eigenvalue weighted by molar-refractivity contribution is -0.124. The zero-order valence-corrected chi connectivity index (χ0v) is 16.4. The Morgan fingerprint density at radius 1 is 1.28 bits per heavy atom. The number of nitrogens with two attached hydrogens (primary N) is 1. The second kappa shape index (κ2) is 9.30. The molecule has 0 heterocycles. The fourth-order valence-electron chi connectivity index (χ4n) is 2.80. The summed E-state index contributed by atoms with van der Waals surface area (Å²) in [4.78, 5) is 12.2. The smallest absolute Gasteiger partial charge is 0.237 e. The molecule has 0 radical (unpaired) electrons. The van der Waals surface area contributed by atoms with E-state index in [4.69, 9.17) is 15.2 Å². The van der Waals surface area contributed by atoms with E-state index in [-0.39, 0.29) is 29.8 Å². The molecule has 1 aliphatic carbocycles. The number of hydrogen-bond donors (Lipinski definition) is 2. The van der Waals surface area contributed by atoms with Gasteiger partial charge in [0.1, 0.15) is 0 Å². The van der Waals surface area contributed by atoms with Gasteiger partial charge in [-0.05, 0) is 48.8 Å². The van der Waals surface area contributed by atoms with Crippen LogP contribution in [0.2, 0.25) is 0 Å². The SMILES string of the molecule is COc1ccc(CNC(=O)[C@@H](N)C(C)(C)C)cc1OC1CCCC1.Cl. The molecular formula is C19H31ClN2O3. The van der Waals surface area contributed by atoms with Gasteiger partial charge < -0.3 is 20.5 Å². The minimum absolute atomic E-state index is 0. The summed E-state index contributed by atoms with van der Waals surface area (Å²) in [5, 5.41) is 2.90. The lowest BCUT2D eigenvalue weighted by Crippen LogP contribution is -2.48. The molecule has 142 valence electrons. The van der Waals surface area contributed by atoms with Gasteiger partial charge in [-0.3, -0.25) is 4.79 Å². The van der Waals surface area contributed by atoms with Crippen LogP contribution in [0.5, 0.6) is 11.5 Å². The molecule has 0 saturated heterocycles. The fraction of sp³-hybridized carbons (Fsp3) is 0.632. The fourth-order valence-corrected chi connectivity index (χ4v) is 2.80. The van der Waals surface area contributed by atoms with Crippen LogP contribution in [0.3, 0.4) is 0 Å². The molecule has 1 aromatic rings. The maximum Gasteiger partial charge on any atom is 0.237 e. The summed E-state index contributed by atoms with van der Waals surface area (Å²) in [6, 6.07) is 5.23. The highest BCUT2D eigenvalue weighted by Crippen LogP contribution is 2.32. The van der Waals surface area contributed by atoms with Crippen LogP contribution in [0.25, 0.3) is 0 Å². The van der Waals surface area contributed by atoms with E-state index in [1.54, 1.807) is 7.11 Å². The molecule has 1 atom stereocenters. The standard InChI is InChI=1S/C19H30N2O3.ClH/c1-19(2,3)17(20)18(22)21-12-13-9-10-15(23-4)16(11-13)24-14-7-5-6-8-14;/h9-11,14,17H,5-8,12,20H2,1-4H3,(H,21,22);1H/t17-;/m1./s1. The molecular weight excluding hydrogens is 340 g/mol. The summed E-state index contributed by atoms with van der Waals surface area (Å²) in [5.74, 6) is 1.33. The molecule has 1 aromatic carbocycles. The quantitative estimate of drug-likeness (QED) is 0.804. The normalized spacial score (nSPS) is 16.0. The van der Waals surface area contributed by atoms with Crippen molar-refractivity contribution in [3.63, 3.8) is 0 Å². The maximum absolute atomic E-state index is 12.2. The molecule has 1 fully saturated rings. The third kappa shape index (κ3) is 6.08. The molecule has 25 heavy (non-hydrogen) atoms. The van der Waals surface area contributed by atoms with Gasteiger partial charge in [0, 0.05) is 6.54 Å². The van der Waals surface area contributed by atoms with E-state index in [1.165, 1.54) is 12.8 Å². The largest absolute Gasteiger partial charge is 0.493 e. The molecule has 3 N–H and O–H groups in total. The molecule has 1 amide bonds. The van der Waals surface area contributed by atoms with Gasteiger partial charge >= 0.3 is 0 Å². The van der Waals surface area contributed by atoms with Crippen LogP contribution in [0.15, 0.2) is 18.2 Å². The summed E-state index contributed by atoms with van der Waals surface area (Å²) >= 11 is 0. The van der Waals surface area contributed by atoms with Gasteiger partial charge in [0.25, 0.3) is 0 Å². The van der Waals surface area contributed by atoms with E-state index >= 15 is 0 Å². The number of methoxy groups -OCH3 is 1. The van der Waals surface area contributed by atoms with Crippen LogP contribution in [0.1, 0.15) is 52.0 Å². The molecule has 0 spiro atoms. The second-order valence-corrected chi connectivity index (χ2v) is 7.57.